The Hall–Kier alpha value is 0.375. The molecule has 68 valence electrons. The average Bonchev–Trinajstić information content (AvgIpc) is 2.41. The van der Waals surface area contributed by atoms with E-state index in [0.29, 0.717) is 6.00 Å². The molecule has 2 aliphatic rings. The lowest BCUT2D eigenvalue weighted by Gasteiger charge is -2.30. The molecule has 2 heterocycles. The fourth-order valence-electron chi connectivity index (χ4n) is 2.72. The molecule has 0 radical (unpaired) electrons. The van der Waals surface area contributed by atoms with Crippen LogP contribution in [0.15, 0.2) is 0 Å². The number of hydrogen-bond donors (Lipinski definition) is 0. The summed E-state index contributed by atoms with van der Waals surface area (Å²) in [6.45, 7) is 4.62. The minimum Gasteiger partial charge on any atom is -0.378 e. The summed E-state index contributed by atoms with van der Waals surface area (Å²) < 4.78 is 6.08. The van der Waals surface area contributed by atoms with Crippen molar-refractivity contribution in [2.45, 2.75) is 43.5 Å². The first-order valence-electron chi connectivity index (χ1n) is 4.99. The van der Waals surface area contributed by atoms with Crippen LogP contribution in [-0.4, -0.2) is 30.5 Å². The molecule has 2 bridgehead atoms. The van der Waals surface area contributed by atoms with E-state index in [2.05, 4.69) is 33.5 Å². The van der Waals surface area contributed by atoms with Gasteiger partial charge < -0.3 is 4.74 Å². The van der Waals surface area contributed by atoms with E-state index in [1.807, 2.05) is 0 Å². The van der Waals surface area contributed by atoms with Gasteiger partial charge in [-0.05, 0) is 12.3 Å². The van der Waals surface area contributed by atoms with E-state index in [9.17, 15) is 0 Å². The van der Waals surface area contributed by atoms with Gasteiger partial charge in [-0.1, -0.05) is 20.3 Å². The average molecular weight is 184 g/mol. The number of thioether (sulfide) groups is 1. The molecule has 2 saturated heterocycles. The van der Waals surface area contributed by atoms with Crippen LogP contribution in [0.5, 0.6) is 0 Å². The molecule has 0 N–H and O–H groups in total. The molecule has 2 fully saturated rings. The van der Waals surface area contributed by atoms with Crippen LogP contribution in [0.3, 0.4) is 0 Å². The van der Waals surface area contributed by atoms with Crippen LogP contribution in [0, 0.1) is 5.92 Å². The van der Waals surface area contributed by atoms with Gasteiger partial charge in [-0.25, -0.2) is 0 Å². The zero-order valence-corrected chi connectivity index (χ0v) is 8.99. The van der Waals surface area contributed by atoms with Crippen molar-refractivity contribution in [3.63, 3.8) is 0 Å². The maximum Gasteiger partial charge on any atom is 0.140 e. The van der Waals surface area contributed by atoms with Crippen molar-refractivity contribution < 1.29 is 4.74 Å². The molecule has 0 aromatic heterocycles. The maximum atomic E-state index is 6.08. The Bertz CT molecular complexity index is 187. The first-order chi connectivity index (χ1) is 5.69. The Kier molecular flexibility index (Phi) is 2.20. The third kappa shape index (κ3) is 1.06. The van der Waals surface area contributed by atoms with Crippen molar-refractivity contribution in [3.05, 3.63) is 0 Å². The van der Waals surface area contributed by atoms with Crippen molar-refractivity contribution >= 4 is 19.6 Å². The summed E-state index contributed by atoms with van der Waals surface area (Å²) in [4.78, 5) is 0. The molecule has 0 amide bonds. The van der Waals surface area contributed by atoms with E-state index in [-0.39, 0.29) is 5.60 Å². The standard InChI is InChI=1S/C9H17BOS/c1-3-4-9-5-12-7(6(9)2)8(10)11-9/h6-8H,3-5,10H2,1-2H3/t6?,7?,8?,9-/m0/s1. The fraction of sp³-hybridized carbons (Fsp3) is 1.00. The van der Waals surface area contributed by atoms with E-state index in [1.165, 1.54) is 18.6 Å². The van der Waals surface area contributed by atoms with Crippen molar-refractivity contribution in [3.8, 4) is 0 Å². The van der Waals surface area contributed by atoms with Crippen LogP contribution in [0.4, 0.5) is 0 Å². The lowest BCUT2D eigenvalue weighted by atomic mass is 9.84. The van der Waals surface area contributed by atoms with E-state index >= 15 is 0 Å². The Labute approximate surface area is 80.0 Å². The molecule has 0 spiro atoms. The molecule has 3 unspecified atom stereocenters. The second-order valence-corrected chi connectivity index (χ2v) is 5.37. The van der Waals surface area contributed by atoms with Crippen molar-refractivity contribution in [2.24, 2.45) is 5.92 Å². The van der Waals surface area contributed by atoms with E-state index < -0.39 is 0 Å². The van der Waals surface area contributed by atoms with Crippen molar-refractivity contribution in [1.82, 2.24) is 0 Å². The Morgan fingerprint density at radius 1 is 1.67 bits per heavy atom. The molecule has 12 heavy (non-hydrogen) atoms. The minimum atomic E-state index is 0.253. The Balaban J connectivity index is 2.15. The second-order valence-electron chi connectivity index (χ2n) is 4.20. The summed E-state index contributed by atoms with van der Waals surface area (Å²) in [5.74, 6) is 2.01. The highest BCUT2D eigenvalue weighted by atomic mass is 32.2. The molecular weight excluding hydrogens is 167 g/mol. The lowest BCUT2D eigenvalue weighted by molar-refractivity contribution is -0.0195. The molecule has 2 rings (SSSR count). The minimum absolute atomic E-state index is 0.253. The van der Waals surface area contributed by atoms with Gasteiger partial charge in [0.05, 0.1) is 5.60 Å². The van der Waals surface area contributed by atoms with Crippen LogP contribution < -0.4 is 0 Å². The van der Waals surface area contributed by atoms with Gasteiger partial charge in [0.15, 0.2) is 0 Å². The first-order valence-corrected chi connectivity index (χ1v) is 6.04. The van der Waals surface area contributed by atoms with Gasteiger partial charge >= 0.3 is 0 Å². The third-order valence-electron chi connectivity index (χ3n) is 3.40. The van der Waals surface area contributed by atoms with Crippen LogP contribution in [-0.2, 0) is 4.74 Å². The van der Waals surface area contributed by atoms with Crippen LogP contribution in [0.2, 0.25) is 0 Å². The fourth-order valence-corrected chi connectivity index (χ4v) is 4.53. The van der Waals surface area contributed by atoms with Crippen molar-refractivity contribution in [2.75, 3.05) is 5.75 Å². The molecule has 0 saturated carbocycles. The van der Waals surface area contributed by atoms with Crippen molar-refractivity contribution in [1.29, 1.82) is 0 Å². The van der Waals surface area contributed by atoms with E-state index in [1.54, 1.807) is 0 Å². The van der Waals surface area contributed by atoms with Crippen LogP contribution >= 0.6 is 11.8 Å². The van der Waals surface area contributed by atoms with Gasteiger partial charge in [-0.2, -0.15) is 11.8 Å². The third-order valence-corrected chi connectivity index (χ3v) is 5.23. The van der Waals surface area contributed by atoms with Gasteiger partial charge in [0.2, 0.25) is 0 Å². The number of hydrogen-bond acceptors (Lipinski definition) is 2. The molecular formula is C9H17BOS. The predicted molar refractivity (Wildman–Crippen MR) is 56.5 cm³/mol. The summed E-state index contributed by atoms with van der Waals surface area (Å²) in [6, 6.07) is 0.491. The highest BCUT2D eigenvalue weighted by Crippen LogP contribution is 2.52. The summed E-state index contributed by atoms with van der Waals surface area (Å²) in [6.07, 6.45) is 2.51. The van der Waals surface area contributed by atoms with E-state index in [4.69, 9.17) is 4.74 Å². The maximum absolute atomic E-state index is 6.08. The van der Waals surface area contributed by atoms with E-state index in [0.717, 1.165) is 11.2 Å². The molecule has 1 nitrogen and oxygen atoms in total. The monoisotopic (exact) mass is 184 g/mol. The molecule has 4 atom stereocenters. The van der Waals surface area contributed by atoms with Gasteiger partial charge in [0.25, 0.3) is 0 Å². The Morgan fingerprint density at radius 2 is 2.42 bits per heavy atom. The molecule has 0 aromatic rings. The number of fused-ring (bicyclic) bond motifs is 2. The topological polar surface area (TPSA) is 9.23 Å². The zero-order valence-electron chi connectivity index (χ0n) is 8.17. The smallest absolute Gasteiger partial charge is 0.140 e. The Morgan fingerprint density at radius 3 is 2.83 bits per heavy atom. The van der Waals surface area contributed by atoms with Gasteiger partial charge in [0, 0.05) is 17.0 Å². The first kappa shape index (κ1) is 8.95. The van der Waals surface area contributed by atoms with Crippen LogP contribution in [0.1, 0.15) is 26.7 Å². The molecule has 2 aliphatic heterocycles. The molecule has 3 heteroatoms. The summed E-state index contributed by atoms with van der Waals surface area (Å²) >= 11 is 2.12. The van der Waals surface area contributed by atoms with Crippen LogP contribution in [0.25, 0.3) is 0 Å². The summed E-state index contributed by atoms with van der Waals surface area (Å²) in [5.41, 5.74) is 0.253. The predicted octanol–water partition coefficient (Wildman–Crippen LogP) is 1.27. The quantitative estimate of drug-likeness (QED) is 0.597. The zero-order chi connectivity index (χ0) is 8.77. The highest BCUT2D eigenvalue weighted by Gasteiger charge is 2.55. The normalized spacial score (nSPS) is 51.7. The lowest BCUT2D eigenvalue weighted by Crippen LogP contribution is -2.36. The SMILES string of the molecule is BC1O[C@@]2(CCC)CSC1C2C. The highest BCUT2D eigenvalue weighted by molar-refractivity contribution is 8.00. The summed E-state index contributed by atoms with van der Waals surface area (Å²) in [7, 11) is 2.23. The van der Waals surface area contributed by atoms with Gasteiger partial charge in [-0.3, -0.25) is 0 Å². The molecule has 0 aliphatic carbocycles. The molecule has 0 aromatic carbocycles. The van der Waals surface area contributed by atoms with Gasteiger partial charge in [-0.15, -0.1) is 0 Å². The van der Waals surface area contributed by atoms with Gasteiger partial charge in [0.1, 0.15) is 7.85 Å². The number of ether oxygens (including phenoxy) is 1. The number of rotatable bonds is 2. The summed E-state index contributed by atoms with van der Waals surface area (Å²) in [5, 5.41) is 0.775. The second kappa shape index (κ2) is 2.95. The largest absolute Gasteiger partial charge is 0.378 e.